The van der Waals surface area contributed by atoms with E-state index in [9.17, 15) is 0 Å². The van der Waals surface area contributed by atoms with Gasteiger partial charge in [0.25, 0.3) is 0 Å². The average Bonchev–Trinajstić information content (AvgIpc) is 2.73. The lowest BCUT2D eigenvalue weighted by atomic mass is 9.97. The Balaban J connectivity index is 1.84. The zero-order valence-corrected chi connectivity index (χ0v) is 17.0. The van der Waals surface area contributed by atoms with Gasteiger partial charge >= 0.3 is 0 Å². The molecule has 1 unspecified atom stereocenters. The molecule has 0 saturated carbocycles. The molecule has 0 fully saturated rings. The highest BCUT2D eigenvalue weighted by Crippen LogP contribution is 2.29. The van der Waals surface area contributed by atoms with Crippen molar-refractivity contribution >= 4 is 23.0 Å². The van der Waals surface area contributed by atoms with Crippen molar-refractivity contribution in [2.24, 2.45) is 0 Å². The highest BCUT2D eigenvalue weighted by Gasteiger charge is 2.16. The van der Waals surface area contributed by atoms with Crippen LogP contribution in [0.15, 0.2) is 72.8 Å². The number of methoxy groups -OCH3 is 2. The molecule has 0 aliphatic carbocycles. The number of rotatable bonds is 6. The lowest BCUT2D eigenvalue weighted by Crippen LogP contribution is -2.33. The molecule has 0 heterocycles. The first-order valence-electron chi connectivity index (χ1n) is 9.01. The number of anilines is 1. The molecule has 28 heavy (non-hydrogen) atoms. The predicted molar refractivity (Wildman–Crippen MR) is 118 cm³/mol. The molecule has 0 aliphatic rings. The monoisotopic (exact) mass is 392 g/mol. The molecule has 0 aliphatic heterocycles. The van der Waals surface area contributed by atoms with Gasteiger partial charge in [-0.2, -0.15) is 0 Å². The van der Waals surface area contributed by atoms with E-state index in [1.54, 1.807) is 14.2 Å². The van der Waals surface area contributed by atoms with Gasteiger partial charge in [-0.25, -0.2) is 0 Å². The molecule has 144 valence electrons. The molecule has 4 nitrogen and oxygen atoms in total. The third-order valence-electron chi connectivity index (χ3n) is 4.44. The van der Waals surface area contributed by atoms with Crippen molar-refractivity contribution in [3.63, 3.8) is 0 Å². The van der Waals surface area contributed by atoms with Crippen LogP contribution in [-0.4, -0.2) is 19.3 Å². The summed E-state index contributed by atoms with van der Waals surface area (Å²) in [4.78, 5) is 0. The standard InChI is InChI=1S/C23H24N2O2S/c1-16-8-7-11-18(14-16)22(17-9-5-4-6-10-17)25-23(28)24-20-13-12-19(26-2)15-21(20)27-3/h4-15,22H,1-3H3,(H2,24,25,28). The second kappa shape index (κ2) is 9.24. The Morgan fingerprint density at radius 1 is 0.857 bits per heavy atom. The van der Waals surface area contributed by atoms with E-state index in [1.165, 1.54) is 5.56 Å². The van der Waals surface area contributed by atoms with Crippen LogP contribution in [0.25, 0.3) is 0 Å². The highest BCUT2D eigenvalue weighted by atomic mass is 32.1. The summed E-state index contributed by atoms with van der Waals surface area (Å²) in [6, 6.07) is 24.2. The average molecular weight is 393 g/mol. The summed E-state index contributed by atoms with van der Waals surface area (Å²) in [5.41, 5.74) is 4.27. The largest absolute Gasteiger partial charge is 0.497 e. The summed E-state index contributed by atoms with van der Waals surface area (Å²) < 4.78 is 10.7. The van der Waals surface area contributed by atoms with E-state index >= 15 is 0 Å². The number of nitrogens with one attached hydrogen (secondary N) is 2. The van der Waals surface area contributed by atoms with Crippen molar-refractivity contribution in [1.29, 1.82) is 0 Å². The summed E-state index contributed by atoms with van der Waals surface area (Å²) in [5.74, 6) is 1.39. The number of aryl methyl sites for hydroxylation is 1. The lowest BCUT2D eigenvalue weighted by molar-refractivity contribution is 0.395. The number of thiocarbonyl (C=S) groups is 1. The van der Waals surface area contributed by atoms with Gasteiger partial charge in [0.15, 0.2) is 5.11 Å². The summed E-state index contributed by atoms with van der Waals surface area (Å²) in [7, 11) is 3.25. The van der Waals surface area contributed by atoms with Gasteiger partial charge < -0.3 is 20.1 Å². The van der Waals surface area contributed by atoms with Crippen LogP contribution in [-0.2, 0) is 0 Å². The number of benzene rings is 3. The summed E-state index contributed by atoms with van der Waals surface area (Å²) in [6.07, 6.45) is 0. The smallest absolute Gasteiger partial charge is 0.171 e. The first-order chi connectivity index (χ1) is 13.6. The van der Waals surface area contributed by atoms with Crippen LogP contribution in [0.1, 0.15) is 22.7 Å². The molecule has 5 heteroatoms. The molecule has 0 saturated heterocycles. The van der Waals surface area contributed by atoms with E-state index in [0.29, 0.717) is 10.9 Å². The maximum absolute atomic E-state index is 5.60. The first-order valence-corrected chi connectivity index (χ1v) is 9.42. The van der Waals surface area contributed by atoms with Gasteiger partial charge in [-0.1, -0.05) is 60.2 Å². The second-order valence-corrected chi connectivity index (χ2v) is 6.83. The molecule has 3 rings (SSSR count). The Bertz CT molecular complexity index is 944. The topological polar surface area (TPSA) is 42.5 Å². The molecule has 2 N–H and O–H groups in total. The minimum absolute atomic E-state index is 0.0645. The third-order valence-corrected chi connectivity index (χ3v) is 4.66. The van der Waals surface area contributed by atoms with E-state index in [4.69, 9.17) is 21.7 Å². The zero-order valence-electron chi connectivity index (χ0n) is 16.2. The van der Waals surface area contributed by atoms with E-state index in [1.807, 2.05) is 36.4 Å². The minimum atomic E-state index is -0.0645. The van der Waals surface area contributed by atoms with Crippen LogP contribution < -0.4 is 20.1 Å². The van der Waals surface area contributed by atoms with Crippen LogP contribution in [0.2, 0.25) is 0 Å². The second-order valence-electron chi connectivity index (χ2n) is 6.42. The fraction of sp³-hybridized carbons (Fsp3) is 0.174. The van der Waals surface area contributed by atoms with Crippen molar-refractivity contribution in [3.05, 3.63) is 89.5 Å². The van der Waals surface area contributed by atoms with Gasteiger partial charge in [0.1, 0.15) is 11.5 Å². The summed E-state index contributed by atoms with van der Waals surface area (Å²) >= 11 is 5.60. The number of hydrogen-bond donors (Lipinski definition) is 2. The molecule has 0 spiro atoms. The van der Waals surface area contributed by atoms with Crippen LogP contribution in [0, 0.1) is 6.92 Å². The highest BCUT2D eigenvalue weighted by molar-refractivity contribution is 7.80. The SMILES string of the molecule is COc1ccc(NC(=S)NC(c2ccccc2)c2cccc(C)c2)c(OC)c1. The Morgan fingerprint density at radius 2 is 1.61 bits per heavy atom. The molecule has 0 amide bonds. The fourth-order valence-corrected chi connectivity index (χ4v) is 3.27. The van der Waals surface area contributed by atoms with Gasteiger partial charge in [-0.05, 0) is 42.4 Å². The zero-order chi connectivity index (χ0) is 19.9. The van der Waals surface area contributed by atoms with Crippen molar-refractivity contribution in [1.82, 2.24) is 5.32 Å². The van der Waals surface area contributed by atoms with E-state index in [2.05, 4.69) is 54.0 Å². The van der Waals surface area contributed by atoms with Crippen molar-refractivity contribution in [2.75, 3.05) is 19.5 Å². The van der Waals surface area contributed by atoms with Gasteiger partial charge in [-0.15, -0.1) is 0 Å². The molecule has 0 bridgehead atoms. The van der Waals surface area contributed by atoms with Crippen molar-refractivity contribution in [3.8, 4) is 11.5 Å². The van der Waals surface area contributed by atoms with Gasteiger partial charge in [-0.3, -0.25) is 0 Å². The van der Waals surface area contributed by atoms with Crippen molar-refractivity contribution < 1.29 is 9.47 Å². The van der Waals surface area contributed by atoms with Crippen LogP contribution in [0.4, 0.5) is 5.69 Å². The van der Waals surface area contributed by atoms with E-state index in [0.717, 1.165) is 22.6 Å². The van der Waals surface area contributed by atoms with Crippen molar-refractivity contribution in [2.45, 2.75) is 13.0 Å². The Hall–Kier alpha value is -3.05. The molecular formula is C23H24N2O2S. The molecule has 3 aromatic rings. The first kappa shape index (κ1) is 19.7. The van der Waals surface area contributed by atoms with Crippen LogP contribution in [0.3, 0.4) is 0 Å². The lowest BCUT2D eigenvalue weighted by Gasteiger charge is -2.23. The fourth-order valence-electron chi connectivity index (χ4n) is 3.05. The number of ether oxygens (including phenoxy) is 2. The van der Waals surface area contributed by atoms with Crippen LogP contribution >= 0.6 is 12.2 Å². The summed E-state index contributed by atoms with van der Waals surface area (Å²) in [6.45, 7) is 2.09. The van der Waals surface area contributed by atoms with Gasteiger partial charge in [0, 0.05) is 6.07 Å². The molecule has 1 atom stereocenters. The quantitative estimate of drug-likeness (QED) is 0.572. The van der Waals surface area contributed by atoms with Gasteiger partial charge in [0.05, 0.1) is 25.9 Å². The normalized spacial score (nSPS) is 11.4. The third kappa shape index (κ3) is 4.81. The minimum Gasteiger partial charge on any atom is -0.497 e. The Kier molecular flexibility index (Phi) is 6.50. The molecular weight excluding hydrogens is 368 g/mol. The van der Waals surface area contributed by atoms with E-state index < -0.39 is 0 Å². The van der Waals surface area contributed by atoms with Crippen LogP contribution in [0.5, 0.6) is 11.5 Å². The molecule has 3 aromatic carbocycles. The number of hydrogen-bond acceptors (Lipinski definition) is 3. The Morgan fingerprint density at radius 3 is 2.29 bits per heavy atom. The molecule has 0 radical (unpaired) electrons. The Labute approximate surface area is 171 Å². The predicted octanol–water partition coefficient (Wildman–Crippen LogP) is 5.09. The molecule has 0 aromatic heterocycles. The van der Waals surface area contributed by atoms with E-state index in [-0.39, 0.29) is 6.04 Å². The maximum Gasteiger partial charge on any atom is 0.171 e. The van der Waals surface area contributed by atoms with Gasteiger partial charge in [0.2, 0.25) is 0 Å². The maximum atomic E-state index is 5.60. The summed E-state index contributed by atoms with van der Waals surface area (Å²) in [5, 5.41) is 7.19.